The number of likely N-dealkylation sites (tertiary alicyclic amines) is 1. The summed E-state index contributed by atoms with van der Waals surface area (Å²) in [5.41, 5.74) is 0. The van der Waals surface area contributed by atoms with Crippen molar-refractivity contribution in [3.8, 4) is 0 Å². The molecule has 3 atom stereocenters. The van der Waals surface area contributed by atoms with Gasteiger partial charge in [-0.3, -0.25) is 19.3 Å². The summed E-state index contributed by atoms with van der Waals surface area (Å²) in [7, 11) is 0. The number of carbonyl (C=O) groups excluding carboxylic acids is 3. The Bertz CT molecular complexity index is 426. The molecule has 0 radical (unpaired) electrons. The number of piperidine rings is 1. The van der Waals surface area contributed by atoms with Gasteiger partial charge in [-0.05, 0) is 32.6 Å². The van der Waals surface area contributed by atoms with E-state index in [1.54, 1.807) is 6.92 Å². The summed E-state index contributed by atoms with van der Waals surface area (Å²) in [5.74, 6) is -0.549. The number of imide groups is 1. The highest BCUT2D eigenvalue weighted by Gasteiger charge is 2.58. The normalized spacial score (nSPS) is 29.4. The first-order chi connectivity index (χ1) is 9.61. The van der Waals surface area contributed by atoms with E-state index in [-0.39, 0.29) is 29.6 Å². The first-order valence-electron chi connectivity index (χ1n) is 7.39. The lowest BCUT2D eigenvalue weighted by Crippen LogP contribution is -2.43. The first-order valence-corrected chi connectivity index (χ1v) is 7.39. The number of hydrogen-bond donors (Lipinski definition) is 1. The Morgan fingerprint density at radius 3 is 2.55 bits per heavy atom. The molecule has 6 heteroatoms. The molecule has 110 valence electrons. The van der Waals surface area contributed by atoms with Gasteiger partial charge in [-0.25, -0.2) is 0 Å². The van der Waals surface area contributed by atoms with E-state index in [1.165, 1.54) is 4.90 Å². The van der Waals surface area contributed by atoms with Crippen molar-refractivity contribution in [2.24, 2.45) is 11.8 Å². The Morgan fingerprint density at radius 2 is 2.00 bits per heavy atom. The topological polar surface area (TPSA) is 75.7 Å². The van der Waals surface area contributed by atoms with Gasteiger partial charge >= 0.3 is 5.97 Å². The molecule has 1 aliphatic heterocycles. The molecule has 3 fully saturated rings. The predicted molar refractivity (Wildman–Crippen MR) is 69.5 cm³/mol. The third kappa shape index (κ3) is 2.57. The van der Waals surface area contributed by atoms with Gasteiger partial charge in [-0.1, -0.05) is 0 Å². The van der Waals surface area contributed by atoms with Crippen molar-refractivity contribution in [3.63, 3.8) is 0 Å². The second kappa shape index (κ2) is 5.16. The van der Waals surface area contributed by atoms with Crippen LogP contribution in [0.2, 0.25) is 0 Å². The SMILES string of the molecule is CCOC(=O)C(CCN1C(=O)C2CC2C1=O)NC1CC1. The van der Waals surface area contributed by atoms with E-state index in [0.717, 1.165) is 19.3 Å². The molecule has 0 aromatic rings. The average Bonchev–Trinajstić information content (AvgIpc) is 3.30. The van der Waals surface area contributed by atoms with Crippen LogP contribution in [0.15, 0.2) is 0 Å². The number of carbonyl (C=O) groups is 3. The van der Waals surface area contributed by atoms with Crippen LogP contribution in [-0.4, -0.2) is 47.9 Å². The zero-order valence-corrected chi connectivity index (χ0v) is 11.6. The van der Waals surface area contributed by atoms with E-state index in [9.17, 15) is 14.4 Å². The number of nitrogens with zero attached hydrogens (tertiary/aromatic N) is 1. The summed E-state index contributed by atoms with van der Waals surface area (Å²) in [5, 5.41) is 3.23. The van der Waals surface area contributed by atoms with Crippen molar-refractivity contribution >= 4 is 17.8 Å². The number of esters is 1. The molecule has 6 nitrogen and oxygen atoms in total. The van der Waals surface area contributed by atoms with Crippen LogP contribution in [0.4, 0.5) is 0 Å². The molecule has 2 saturated carbocycles. The molecule has 3 rings (SSSR count). The van der Waals surface area contributed by atoms with E-state index in [4.69, 9.17) is 4.74 Å². The minimum atomic E-state index is -0.417. The summed E-state index contributed by atoms with van der Waals surface area (Å²) < 4.78 is 5.04. The molecule has 0 aromatic heterocycles. The van der Waals surface area contributed by atoms with E-state index in [0.29, 0.717) is 25.6 Å². The molecule has 2 amide bonds. The molecule has 0 bridgehead atoms. The number of amides is 2. The molecule has 1 saturated heterocycles. The van der Waals surface area contributed by atoms with Gasteiger partial charge < -0.3 is 10.1 Å². The van der Waals surface area contributed by atoms with Gasteiger partial charge in [0.25, 0.3) is 0 Å². The molecule has 20 heavy (non-hydrogen) atoms. The molecular formula is C14H20N2O4. The third-order valence-electron chi connectivity index (χ3n) is 4.18. The van der Waals surface area contributed by atoms with E-state index in [1.807, 2.05) is 0 Å². The molecule has 2 aliphatic carbocycles. The summed E-state index contributed by atoms with van der Waals surface area (Å²) in [4.78, 5) is 36.9. The fraction of sp³-hybridized carbons (Fsp3) is 0.786. The van der Waals surface area contributed by atoms with Gasteiger partial charge in [0, 0.05) is 12.6 Å². The fourth-order valence-electron chi connectivity index (χ4n) is 2.77. The largest absolute Gasteiger partial charge is 0.465 e. The molecule has 3 aliphatic rings. The monoisotopic (exact) mass is 280 g/mol. The van der Waals surface area contributed by atoms with Crippen molar-refractivity contribution in [1.29, 1.82) is 0 Å². The lowest BCUT2D eigenvalue weighted by molar-refractivity contribution is -0.148. The summed E-state index contributed by atoms with van der Waals surface area (Å²) in [6.07, 6.45) is 3.30. The third-order valence-corrected chi connectivity index (χ3v) is 4.18. The van der Waals surface area contributed by atoms with Crippen molar-refractivity contribution in [2.45, 2.75) is 44.7 Å². The zero-order chi connectivity index (χ0) is 14.3. The van der Waals surface area contributed by atoms with Crippen LogP contribution in [0.25, 0.3) is 0 Å². The van der Waals surface area contributed by atoms with Crippen LogP contribution < -0.4 is 5.32 Å². The van der Waals surface area contributed by atoms with Crippen LogP contribution >= 0.6 is 0 Å². The molecule has 3 unspecified atom stereocenters. The molecule has 0 aromatic carbocycles. The Hall–Kier alpha value is -1.43. The minimum absolute atomic E-state index is 0.0611. The lowest BCUT2D eigenvalue weighted by Gasteiger charge is -2.21. The van der Waals surface area contributed by atoms with Crippen LogP contribution in [0.5, 0.6) is 0 Å². The molecule has 1 heterocycles. The maximum Gasteiger partial charge on any atom is 0.323 e. The summed E-state index contributed by atoms with van der Waals surface area (Å²) >= 11 is 0. The average molecular weight is 280 g/mol. The van der Waals surface area contributed by atoms with Gasteiger partial charge in [0.2, 0.25) is 11.8 Å². The van der Waals surface area contributed by atoms with Crippen LogP contribution in [0.3, 0.4) is 0 Å². The molecular weight excluding hydrogens is 260 g/mol. The van der Waals surface area contributed by atoms with Crippen molar-refractivity contribution in [2.75, 3.05) is 13.2 Å². The number of fused-ring (bicyclic) bond motifs is 1. The van der Waals surface area contributed by atoms with Crippen molar-refractivity contribution in [3.05, 3.63) is 0 Å². The highest BCUT2D eigenvalue weighted by Crippen LogP contribution is 2.46. The van der Waals surface area contributed by atoms with Gasteiger partial charge in [0.15, 0.2) is 0 Å². The second-order valence-electron chi connectivity index (χ2n) is 5.81. The Labute approximate surface area is 117 Å². The van der Waals surface area contributed by atoms with Crippen LogP contribution in [0.1, 0.15) is 32.6 Å². The number of nitrogens with one attached hydrogen (secondary N) is 1. The summed E-state index contributed by atoms with van der Waals surface area (Å²) in [6, 6.07) is -0.0391. The maximum absolute atomic E-state index is 11.9. The van der Waals surface area contributed by atoms with Crippen molar-refractivity contribution < 1.29 is 19.1 Å². The fourth-order valence-corrected chi connectivity index (χ4v) is 2.77. The maximum atomic E-state index is 11.9. The predicted octanol–water partition coefficient (Wildman–Crippen LogP) is 0.0651. The van der Waals surface area contributed by atoms with Gasteiger partial charge in [0.1, 0.15) is 6.04 Å². The number of hydrogen-bond acceptors (Lipinski definition) is 5. The quantitative estimate of drug-likeness (QED) is 0.527. The van der Waals surface area contributed by atoms with Crippen LogP contribution in [0, 0.1) is 11.8 Å². The van der Waals surface area contributed by atoms with E-state index >= 15 is 0 Å². The Kier molecular flexibility index (Phi) is 3.50. The molecule has 0 spiro atoms. The standard InChI is InChI=1S/C14H20N2O4/c1-2-20-14(19)11(15-8-3-4-8)5-6-16-12(17)9-7-10(9)13(16)18/h8-11,15H,2-7H2,1H3. The number of rotatable bonds is 7. The Morgan fingerprint density at radius 1 is 1.35 bits per heavy atom. The van der Waals surface area contributed by atoms with Crippen molar-refractivity contribution in [1.82, 2.24) is 10.2 Å². The van der Waals surface area contributed by atoms with Gasteiger partial charge in [-0.15, -0.1) is 0 Å². The van der Waals surface area contributed by atoms with Gasteiger partial charge in [-0.2, -0.15) is 0 Å². The Balaban J connectivity index is 1.54. The lowest BCUT2D eigenvalue weighted by atomic mass is 10.2. The minimum Gasteiger partial charge on any atom is -0.465 e. The zero-order valence-electron chi connectivity index (χ0n) is 11.6. The number of ether oxygens (including phenoxy) is 1. The van der Waals surface area contributed by atoms with E-state index in [2.05, 4.69) is 5.32 Å². The van der Waals surface area contributed by atoms with Crippen LogP contribution in [-0.2, 0) is 19.1 Å². The second-order valence-corrected chi connectivity index (χ2v) is 5.81. The smallest absolute Gasteiger partial charge is 0.323 e. The first kappa shape index (κ1) is 13.5. The highest BCUT2D eigenvalue weighted by molar-refractivity contribution is 6.08. The summed E-state index contributed by atoms with van der Waals surface area (Å²) in [6.45, 7) is 2.43. The van der Waals surface area contributed by atoms with Gasteiger partial charge in [0.05, 0.1) is 18.4 Å². The van der Waals surface area contributed by atoms with E-state index < -0.39 is 6.04 Å². The highest BCUT2D eigenvalue weighted by atomic mass is 16.5. The molecule has 1 N–H and O–H groups in total.